The van der Waals surface area contributed by atoms with Crippen molar-refractivity contribution >= 4 is 31.9 Å². The van der Waals surface area contributed by atoms with E-state index in [9.17, 15) is 0 Å². The van der Waals surface area contributed by atoms with E-state index in [0.717, 1.165) is 40.8 Å². The number of halogens is 2. The van der Waals surface area contributed by atoms with Crippen LogP contribution in [0.3, 0.4) is 0 Å². The Morgan fingerprint density at radius 1 is 1.53 bits per heavy atom. The van der Waals surface area contributed by atoms with Crippen molar-refractivity contribution in [2.24, 2.45) is 0 Å². The van der Waals surface area contributed by atoms with Gasteiger partial charge >= 0.3 is 0 Å². The number of pyridine rings is 1. The zero-order chi connectivity index (χ0) is 12.3. The molecule has 2 heterocycles. The van der Waals surface area contributed by atoms with Gasteiger partial charge in [-0.25, -0.2) is 0 Å². The molecule has 0 aliphatic carbocycles. The highest BCUT2D eigenvalue weighted by atomic mass is 79.9. The van der Waals surface area contributed by atoms with Gasteiger partial charge in [0.05, 0.1) is 11.3 Å². The van der Waals surface area contributed by atoms with E-state index in [4.69, 9.17) is 4.74 Å². The summed E-state index contributed by atoms with van der Waals surface area (Å²) < 4.78 is 7.74. The van der Waals surface area contributed by atoms with Crippen molar-refractivity contribution in [2.75, 3.05) is 13.2 Å². The summed E-state index contributed by atoms with van der Waals surface area (Å²) >= 11 is 6.90. The van der Waals surface area contributed by atoms with Gasteiger partial charge in [0.1, 0.15) is 0 Å². The van der Waals surface area contributed by atoms with Gasteiger partial charge in [-0.3, -0.25) is 4.98 Å². The molecule has 1 saturated heterocycles. The lowest BCUT2D eigenvalue weighted by Crippen LogP contribution is -2.37. The van der Waals surface area contributed by atoms with Gasteiger partial charge in [0.15, 0.2) is 0 Å². The average Bonchev–Trinajstić information content (AvgIpc) is 2.69. The monoisotopic (exact) mass is 362 g/mol. The molecule has 1 aromatic rings. The van der Waals surface area contributed by atoms with Crippen LogP contribution < -0.4 is 5.32 Å². The topological polar surface area (TPSA) is 34.2 Å². The number of nitrogens with one attached hydrogen (secondary N) is 1. The minimum atomic E-state index is 0.00183. The predicted molar refractivity (Wildman–Crippen MR) is 74.9 cm³/mol. The summed E-state index contributed by atoms with van der Waals surface area (Å²) in [7, 11) is 0. The van der Waals surface area contributed by atoms with E-state index in [1.807, 2.05) is 12.3 Å². The first-order valence-electron chi connectivity index (χ1n) is 5.74. The number of hydrogen-bond donors (Lipinski definition) is 1. The molecule has 0 radical (unpaired) electrons. The van der Waals surface area contributed by atoms with Crippen molar-refractivity contribution in [2.45, 2.75) is 31.9 Å². The van der Waals surface area contributed by atoms with Gasteiger partial charge in [-0.2, -0.15) is 0 Å². The van der Waals surface area contributed by atoms with Crippen LogP contribution >= 0.6 is 31.9 Å². The lowest BCUT2D eigenvalue weighted by atomic mass is 10.0. The molecule has 0 bridgehead atoms. The average molecular weight is 364 g/mol. The molecule has 2 rings (SSSR count). The molecule has 5 heteroatoms. The standard InChI is InChI=1S/C12H16Br2N2O/c1-12(3-2-4-17-12)8-15-7-11-10(14)5-9(13)6-16-11/h5-6,15H,2-4,7-8H2,1H3. The Morgan fingerprint density at radius 3 is 3.00 bits per heavy atom. The number of aromatic nitrogens is 1. The van der Waals surface area contributed by atoms with Crippen molar-refractivity contribution in [3.05, 3.63) is 26.9 Å². The first kappa shape index (κ1) is 13.5. The Morgan fingerprint density at radius 2 is 2.35 bits per heavy atom. The zero-order valence-electron chi connectivity index (χ0n) is 9.80. The van der Waals surface area contributed by atoms with Crippen molar-refractivity contribution in [1.82, 2.24) is 10.3 Å². The third-order valence-corrected chi connectivity index (χ3v) is 4.10. The molecular weight excluding hydrogens is 348 g/mol. The second-order valence-corrected chi connectivity index (χ2v) is 6.36. The molecule has 1 fully saturated rings. The Kier molecular flexibility index (Phi) is 4.58. The van der Waals surface area contributed by atoms with Gasteiger partial charge < -0.3 is 10.1 Å². The molecule has 3 nitrogen and oxygen atoms in total. The fourth-order valence-electron chi connectivity index (χ4n) is 1.99. The van der Waals surface area contributed by atoms with Crippen LogP contribution in [0.4, 0.5) is 0 Å². The highest BCUT2D eigenvalue weighted by molar-refractivity contribution is 9.11. The largest absolute Gasteiger partial charge is 0.374 e. The fraction of sp³-hybridized carbons (Fsp3) is 0.583. The Balaban J connectivity index is 1.85. The van der Waals surface area contributed by atoms with Crippen LogP contribution in [-0.2, 0) is 11.3 Å². The quantitative estimate of drug-likeness (QED) is 0.891. The molecule has 1 N–H and O–H groups in total. The van der Waals surface area contributed by atoms with Gasteiger partial charge in [0.25, 0.3) is 0 Å². The number of rotatable bonds is 4. The third-order valence-electron chi connectivity index (χ3n) is 2.98. The van der Waals surface area contributed by atoms with Gasteiger partial charge in [-0.05, 0) is 57.7 Å². The second kappa shape index (κ2) is 5.78. The van der Waals surface area contributed by atoms with Crippen molar-refractivity contribution in [3.8, 4) is 0 Å². The molecule has 1 aliphatic heterocycles. The number of hydrogen-bond acceptors (Lipinski definition) is 3. The molecule has 0 saturated carbocycles. The maximum absolute atomic E-state index is 5.73. The minimum absolute atomic E-state index is 0.00183. The SMILES string of the molecule is CC1(CNCc2ncc(Br)cc2Br)CCCO1. The summed E-state index contributed by atoms with van der Waals surface area (Å²) in [5, 5.41) is 3.41. The van der Waals surface area contributed by atoms with Crippen LogP contribution in [0.2, 0.25) is 0 Å². The Labute approximate surface area is 119 Å². The normalized spacial score (nSPS) is 24.2. The minimum Gasteiger partial charge on any atom is -0.374 e. The summed E-state index contributed by atoms with van der Waals surface area (Å²) in [6.45, 7) is 4.68. The van der Waals surface area contributed by atoms with Crippen molar-refractivity contribution in [3.63, 3.8) is 0 Å². The van der Waals surface area contributed by atoms with Crippen LogP contribution in [0.15, 0.2) is 21.2 Å². The molecule has 0 amide bonds. The third kappa shape index (κ3) is 3.74. The summed E-state index contributed by atoms with van der Waals surface area (Å²) in [5.41, 5.74) is 1.02. The van der Waals surface area contributed by atoms with E-state index in [1.165, 1.54) is 6.42 Å². The summed E-state index contributed by atoms with van der Waals surface area (Å²) in [6, 6.07) is 2.01. The predicted octanol–water partition coefficient (Wildman–Crippen LogP) is 3.27. The molecule has 17 heavy (non-hydrogen) atoms. The zero-order valence-corrected chi connectivity index (χ0v) is 13.0. The highest BCUT2D eigenvalue weighted by Crippen LogP contribution is 2.24. The summed E-state index contributed by atoms with van der Waals surface area (Å²) in [6.07, 6.45) is 4.11. The second-order valence-electron chi connectivity index (χ2n) is 4.59. The van der Waals surface area contributed by atoms with Crippen LogP contribution in [0.5, 0.6) is 0 Å². The summed E-state index contributed by atoms with van der Waals surface area (Å²) in [5.74, 6) is 0. The highest BCUT2D eigenvalue weighted by Gasteiger charge is 2.29. The van der Waals surface area contributed by atoms with Crippen LogP contribution in [0, 0.1) is 0 Å². The van der Waals surface area contributed by atoms with E-state index in [1.54, 1.807) is 0 Å². The fourth-order valence-corrected chi connectivity index (χ4v) is 3.12. The molecule has 1 unspecified atom stereocenters. The van der Waals surface area contributed by atoms with E-state index in [2.05, 4.69) is 49.1 Å². The van der Waals surface area contributed by atoms with Crippen LogP contribution in [0.25, 0.3) is 0 Å². The van der Waals surface area contributed by atoms with Crippen molar-refractivity contribution < 1.29 is 4.74 Å². The van der Waals surface area contributed by atoms with E-state index in [0.29, 0.717) is 0 Å². The van der Waals surface area contributed by atoms with Gasteiger partial charge in [0.2, 0.25) is 0 Å². The lowest BCUT2D eigenvalue weighted by Gasteiger charge is -2.23. The van der Waals surface area contributed by atoms with E-state index in [-0.39, 0.29) is 5.60 Å². The van der Waals surface area contributed by atoms with Crippen LogP contribution in [-0.4, -0.2) is 23.7 Å². The molecule has 0 aromatic carbocycles. The number of nitrogens with zero attached hydrogens (tertiary/aromatic N) is 1. The molecule has 1 atom stereocenters. The Bertz CT molecular complexity index is 392. The first-order chi connectivity index (χ1) is 8.09. The lowest BCUT2D eigenvalue weighted by molar-refractivity contribution is 0.0206. The maximum Gasteiger partial charge on any atom is 0.0779 e. The molecule has 1 aromatic heterocycles. The molecule has 1 aliphatic rings. The van der Waals surface area contributed by atoms with Gasteiger partial charge in [-0.1, -0.05) is 0 Å². The van der Waals surface area contributed by atoms with E-state index < -0.39 is 0 Å². The maximum atomic E-state index is 5.73. The first-order valence-corrected chi connectivity index (χ1v) is 7.32. The molecule has 0 spiro atoms. The van der Waals surface area contributed by atoms with Gasteiger partial charge in [-0.15, -0.1) is 0 Å². The van der Waals surface area contributed by atoms with Gasteiger partial charge in [0, 0.05) is 34.8 Å². The van der Waals surface area contributed by atoms with E-state index >= 15 is 0 Å². The number of ether oxygens (including phenoxy) is 1. The smallest absolute Gasteiger partial charge is 0.0779 e. The Hall–Kier alpha value is 0.0300. The van der Waals surface area contributed by atoms with Crippen molar-refractivity contribution in [1.29, 1.82) is 0 Å². The summed E-state index contributed by atoms with van der Waals surface area (Å²) in [4.78, 5) is 4.37. The molecule has 94 valence electrons. The molecular formula is C12H16Br2N2O. The van der Waals surface area contributed by atoms with Crippen LogP contribution in [0.1, 0.15) is 25.5 Å².